The van der Waals surface area contributed by atoms with Crippen molar-refractivity contribution in [3.63, 3.8) is 0 Å². The third kappa shape index (κ3) is 2.34. The van der Waals surface area contributed by atoms with Gasteiger partial charge >= 0.3 is 0 Å². The Morgan fingerprint density at radius 1 is 1.25 bits per heavy atom. The molecule has 2 aromatic rings. The molecule has 1 heterocycles. The minimum absolute atomic E-state index is 0.443. The molecule has 1 aromatic heterocycles. The van der Waals surface area contributed by atoms with Gasteiger partial charge in [-0.3, -0.25) is 0 Å². The zero-order valence-corrected chi connectivity index (χ0v) is 9.45. The van der Waals surface area contributed by atoms with Crippen LogP contribution in [0.25, 0.3) is 0 Å². The summed E-state index contributed by atoms with van der Waals surface area (Å²) in [5.74, 6) is 1.63. The van der Waals surface area contributed by atoms with Crippen molar-refractivity contribution >= 4 is 5.69 Å². The number of hydrogen-bond donors (Lipinski definition) is 2. The Hall–Kier alpha value is -1.97. The molecule has 0 radical (unpaired) electrons. The highest BCUT2D eigenvalue weighted by Gasteiger charge is 2.02. The average molecular weight is 217 g/mol. The number of imidazole rings is 1. The van der Waals surface area contributed by atoms with E-state index in [2.05, 4.69) is 9.97 Å². The van der Waals surface area contributed by atoms with Gasteiger partial charge < -0.3 is 15.5 Å². The van der Waals surface area contributed by atoms with Gasteiger partial charge in [0.1, 0.15) is 18.2 Å². The Labute approximate surface area is 94.5 Å². The van der Waals surface area contributed by atoms with E-state index < -0.39 is 0 Å². The first-order valence-corrected chi connectivity index (χ1v) is 5.15. The number of rotatable bonds is 3. The van der Waals surface area contributed by atoms with E-state index in [1.807, 2.05) is 38.1 Å². The maximum atomic E-state index is 5.58. The highest BCUT2D eigenvalue weighted by atomic mass is 16.5. The van der Waals surface area contributed by atoms with Crippen molar-refractivity contribution in [3.8, 4) is 5.75 Å². The highest BCUT2D eigenvalue weighted by molar-refractivity contribution is 5.41. The average Bonchev–Trinajstić information content (AvgIpc) is 2.58. The SMILES string of the molecule is Cc1nc(COc2ccc(N)cc2)[nH]c1C. The maximum absolute atomic E-state index is 5.58. The number of nitrogens with two attached hydrogens (primary N) is 1. The van der Waals surface area contributed by atoms with Crippen LogP contribution in [-0.2, 0) is 6.61 Å². The zero-order chi connectivity index (χ0) is 11.5. The van der Waals surface area contributed by atoms with Crippen LogP contribution in [-0.4, -0.2) is 9.97 Å². The smallest absolute Gasteiger partial charge is 0.146 e. The summed E-state index contributed by atoms with van der Waals surface area (Å²) in [6.45, 7) is 4.41. The lowest BCUT2D eigenvalue weighted by Gasteiger charge is -2.03. The van der Waals surface area contributed by atoms with Gasteiger partial charge in [0.25, 0.3) is 0 Å². The zero-order valence-electron chi connectivity index (χ0n) is 9.45. The minimum atomic E-state index is 0.443. The largest absolute Gasteiger partial charge is 0.486 e. The second kappa shape index (κ2) is 4.26. The topological polar surface area (TPSA) is 63.9 Å². The molecule has 4 heteroatoms. The van der Waals surface area contributed by atoms with Gasteiger partial charge in [0.15, 0.2) is 0 Å². The lowest BCUT2D eigenvalue weighted by atomic mass is 10.3. The maximum Gasteiger partial charge on any atom is 0.146 e. The Morgan fingerprint density at radius 2 is 1.94 bits per heavy atom. The third-order valence-corrected chi connectivity index (χ3v) is 2.43. The molecule has 3 N–H and O–H groups in total. The van der Waals surface area contributed by atoms with Crippen LogP contribution < -0.4 is 10.5 Å². The molecule has 0 spiro atoms. The summed E-state index contributed by atoms with van der Waals surface area (Å²) in [6, 6.07) is 7.32. The van der Waals surface area contributed by atoms with Crippen LogP contribution in [0.15, 0.2) is 24.3 Å². The van der Waals surface area contributed by atoms with Gasteiger partial charge in [-0.1, -0.05) is 0 Å². The molecule has 0 aliphatic heterocycles. The van der Waals surface area contributed by atoms with Gasteiger partial charge in [0, 0.05) is 11.4 Å². The number of aryl methyl sites for hydroxylation is 2. The van der Waals surface area contributed by atoms with Crippen LogP contribution in [0.5, 0.6) is 5.75 Å². The fraction of sp³-hybridized carbons (Fsp3) is 0.250. The van der Waals surface area contributed by atoms with E-state index in [4.69, 9.17) is 10.5 Å². The van der Waals surface area contributed by atoms with E-state index in [1.165, 1.54) is 0 Å². The van der Waals surface area contributed by atoms with Gasteiger partial charge in [0.05, 0.1) is 5.69 Å². The van der Waals surface area contributed by atoms with Crippen molar-refractivity contribution in [2.45, 2.75) is 20.5 Å². The predicted molar refractivity (Wildman–Crippen MR) is 63.2 cm³/mol. The second-order valence-corrected chi connectivity index (χ2v) is 3.75. The van der Waals surface area contributed by atoms with Crippen LogP contribution >= 0.6 is 0 Å². The Morgan fingerprint density at radius 3 is 2.50 bits per heavy atom. The molecule has 84 valence electrons. The number of aromatic amines is 1. The summed E-state index contributed by atoms with van der Waals surface area (Å²) in [7, 11) is 0. The molecule has 0 bridgehead atoms. The minimum Gasteiger partial charge on any atom is -0.486 e. The van der Waals surface area contributed by atoms with Crippen molar-refractivity contribution in [1.82, 2.24) is 9.97 Å². The van der Waals surface area contributed by atoms with E-state index in [1.54, 1.807) is 0 Å². The number of anilines is 1. The lowest BCUT2D eigenvalue weighted by Crippen LogP contribution is -1.97. The molecule has 0 saturated carbocycles. The first-order valence-electron chi connectivity index (χ1n) is 5.15. The van der Waals surface area contributed by atoms with Crippen molar-refractivity contribution in [1.29, 1.82) is 0 Å². The second-order valence-electron chi connectivity index (χ2n) is 3.75. The van der Waals surface area contributed by atoms with Crippen molar-refractivity contribution in [2.24, 2.45) is 0 Å². The normalized spacial score (nSPS) is 10.4. The molecule has 0 amide bonds. The summed E-state index contributed by atoms with van der Waals surface area (Å²) in [4.78, 5) is 7.50. The van der Waals surface area contributed by atoms with Crippen molar-refractivity contribution < 1.29 is 4.74 Å². The summed E-state index contributed by atoms with van der Waals surface area (Å²) in [5, 5.41) is 0. The van der Waals surface area contributed by atoms with Gasteiger partial charge in [0.2, 0.25) is 0 Å². The van der Waals surface area contributed by atoms with Crippen LogP contribution in [0.2, 0.25) is 0 Å². The molecule has 16 heavy (non-hydrogen) atoms. The molecule has 2 rings (SSSR count). The summed E-state index contributed by atoms with van der Waals surface area (Å²) in [6.07, 6.45) is 0. The van der Waals surface area contributed by atoms with E-state index >= 15 is 0 Å². The monoisotopic (exact) mass is 217 g/mol. The molecular weight excluding hydrogens is 202 g/mol. The molecular formula is C12H15N3O. The van der Waals surface area contributed by atoms with Crippen molar-refractivity contribution in [3.05, 3.63) is 41.5 Å². The number of H-pyrrole nitrogens is 1. The molecule has 0 saturated heterocycles. The van der Waals surface area contributed by atoms with Gasteiger partial charge in [-0.15, -0.1) is 0 Å². The van der Waals surface area contributed by atoms with E-state index in [0.717, 1.165) is 28.6 Å². The lowest BCUT2D eigenvalue weighted by molar-refractivity contribution is 0.297. The number of nitrogen functional groups attached to an aromatic ring is 1. The summed E-state index contributed by atoms with van der Waals surface area (Å²) >= 11 is 0. The third-order valence-electron chi connectivity index (χ3n) is 2.43. The molecule has 1 aromatic carbocycles. The standard InChI is InChI=1S/C12H15N3O/c1-8-9(2)15-12(14-8)7-16-11-5-3-10(13)4-6-11/h3-6H,7,13H2,1-2H3,(H,14,15). The number of aromatic nitrogens is 2. The fourth-order valence-corrected chi connectivity index (χ4v) is 1.41. The summed E-state index contributed by atoms with van der Waals surface area (Å²) in [5.41, 5.74) is 8.41. The molecule has 0 atom stereocenters. The fourth-order valence-electron chi connectivity index (χ4n) is 1.41. The van der Waals surface area contributed by atoms with Crippen LogP contribution in [0, 0.1) is 13.8 Å². The quantitative estimate of drug-likeness (QED) is 0.774. The first-order chi connectivity index (χ1) is 7.65. The van der Waals surface area contributed by atoms with Gasteiger partial charge in [-0.2, -0.15) is 0 Å². The van der Waals surface area contributed by atoms with Crippen LogP contribution in [0.3, 0.4) is 0 Å². The molecule has 0 unspecified atom stereocenters. The number of benzene rings is 1. The highest BCUT2D eigenvalue weighted by Crippen LogP contribution is 2.14. The van der Waals surface area contributed by atoms with Crippen molar-refractivity contribution in [2.75, 3.05) is 5.73 Å². The number of nitrogens with one attached hydrogen (secondary N) is 1. The number of ether oxygens (including phenoxy) is 1. The Balaban J connectivity index is 1.99. The van der Waals surface area contributed by atoms with Crippen LogP contribution in [0.4, 0.5) is 5.69 Å². The van der Waals surface area contributed by atoms with E-state index in [9.17, 15) is 0 Å². The number of nitrogens with zero attached hydrogens (tertiary/aromatic N) is 1. The summed E-state index contributed by atoms with van der Waals surface area (Å²) < 4.78 is 5.57. The molecule has 0 fully saturated rings. The van der Waals surface area contributed by atoms with E-state index in [-0.39, 0.29) is 0 Å². The Bertz CT molecular complexity index is 454. The van der Waals surface area contributed by atoms with Gasteiger partial charge in [-0.05, 0) is 38.1 Å². The van der Waals surface area contributed by atoms with Crippen LogP contribution in [0.1, 0.15) is 17.2 Å². The van der Waals surface area contributed by atoms with E-state index in [0.29, 0.717) is 6.61 Å². The first kappa shape index (κ1) is 10.5. The molecule has 4 nitrogen and oxygen atoms in total. The molecule has 0 aliphatic rings. The predicted octanol–water partition coefficient (Wildman–Crippen LogP) is 2.19. The van der Waals surface area contributed by atoms with Gasteiger partial charge in [-0.25, -0.2) is 4.98 Å². The molecule has 0 aliphatic carbocycles. The number of hydrogen-bond acceptors (Lipinski definition) is 3. The Kier molecular flexibility index (Phi) is 2.81.